The number of benzene rings is 3. The minimum atomic E-state index is -1.10. The van der Waals surface area contributed by atoms with Crippen LogP contribution in [0.2, 0.25) is 0 Å². The number of fused-ring (bicyclic) bond motifs is 1. The lowest BCUT2D eigenvalue weighted by Crippen LogP contribution is -2.42. The summed E-state index contributed by atoms with van der Waals surface area (Å²) < 4.78 is 52.9. The number of nitrogens with one attached hydrogen (secondary N) is 1. The molecule has 1 amide bonds. The second-order valence-corrected chi connectivity index (χ2v) is 11.3. The van der Waals surface area contributed by atoms with Gasteiger partial charge in [-0.3, -0.25) is 19.7 Å². The Kier molecular flexibility index (Phi) is 9.85. The lowest BCUT2D eigenvalue weighted by atomic mass is 10.1. The number of carbonyl (C=O) groups is 1. The Morgan fingerprint density at radius 3 is 2.29 bits per heavy atom. The van der Waals surface area contributed by atoms with Crippen LogP contribution in [0, 0.1) is 11.6 Å². The van der Waals surface area contributed by atoms with Crippen LogP contribution in [0.5, 0.6) is 28.7 Å². The minimum Gasteiger partial charge on any atom is -0.493 e. The van der Waals surface area contributed by atoms with Crippen LogP contribution in [0.3, 0.4) is 0 Å². The largest absolute Gasteiger partial charge is 0.493 e. The van der Waals surface area contributed by atoms with Crippen LogP contribution in [0.15, 0.2) is 82.6 Å². The summed E-state index contributed by atoms with van der Waals surface area (Å²) in [5.41, 5.74) is -0.939. The molecule has 0 radical (unpaired) electrons. The summed E-state index contributed by atoms with van der Waals surface area (Å²) in [6.07, 6.45) is 4.84. The molecule has 49 heavy (non-hydrogen) atoms. The van der Waals surface area contributed by atoms with Gasteiger partial charge in [-0.1, -0.05) is 6.42 Å². The second kappa shape index (κ2) is 14.6. The van der Waals surface area contributed by atoms with Crippen LogP contribution >= 0.6 is 0 Å². The summed E-state index contributed by atoms with van der Waals surface area (Å²) in [4.78, 5) is 46.3. The number of hydrogen-bond acceptors (Lipinski definition) is 9. The molecule has 14 heteroatoms. The number of ether oxygens (including phenoxy) is 4. The van der Waals surface area contributed by atoms with Crippen molar-refractivity contribution in [3.8, 4) is 34.4 Å². The third-order valence-electron chi connectivity index (χ3n) is 8.12. The lowest BCUT2D eigenvalue weighted by molar-refractivity contribution is 0.211. The summed E-state index contributed by atoms with van der Waals surface area (Å²) in [6.45, 7) is 2.54. The van der Waals surface area contributed by atoms with Crippen molar-refractivity contribution < 1.29 is 32.5 Å². The van der Waals surface area contributed by atoms with Gasteiger partial charge in [0.15, 0.2) is 23.1 Å². The highest BCUT2D eigenvalue weighted by atomic mass is 19.1. The summed E-state index contributed by atoms with van der Waals surface area (Å²) in [6, 6.07) is 13.5. The number of halogens is 2. The third-order valence-corrected chi connectivity index (χ3v) is 8.12. The molecule has 1 saturated heterocycles. The van der Waals surface area contributed by atoms with Crippen LogP contribution in [0.1, 0.15) is 19.3 Å². The Balaban J connectivity index is 1.22. The van der Waals surface area contributed by atoms with E-state index in [1.54, 1.807) is 18.2 Å². The van der Waals surface area contributed by atoms with E-state index in [-0.39, 0.29) is 23.7 Å². The smallest absolute Gasteiger partial charge is 0.417 e. The van der Waals surface area contributed by atoms with E-state index in [1.165, 1.54) is 55.4 Å². The van der Waals surface area contributed by atoms with E-state index >= 15 is 4.39 Å². The lowest BCUT2D eigenvalue weighted by Gasteiger charge is -2.26. The average molecular weight is 674 g/mol. The molecule has 3 heterocycles. The number of hydrogen-bond donors (Lipinski definition) is 1. The van der Waals surface area contributed by atoms with Gasteiger partial charge >= 0.3 is 17.3 Å². The third kappa shape index (κ3) is 7.38. The van der Waals surface area contributed by atoms with Crippen LogP contribution in [-0.2, 0) is 6.54 Å². The minimum absolute atomic E-state index is 0.0122. The zero-order valence-corrected chi connectivity index (χ0v) is 26.8. The van der Waals surface area contributed by atoms with Crippen molar-refractivity contribution >= 4 is 22.7 Å². The molecule has 0 saturated carbocycles. The molecule has 1 aliphatic rings. The van der Waals surface area contributed by atoms with Crippen molar-refractivity contribution in [2.24, 2.45) is 0 Å². The van der Waals surface area contributed by atoms with Gasteiger partial charge in [-0.25, -0.2) is 22.9 Å². The second-order valence-electron chi connectivity index (χ2n) is 11.3. The highest BCUT2D eigenvalue weighted by Gasteiger charge is 2.20. The highest BCUT2D eigenvalue weighted by molar-refractivity contribution is 5.88. The van der Waals surface area contributed by atoms with Crippen LogP contribution in [0.4, 0.5) is 19.3 Å². The highest BCUT2D eigenvalue weighted by Crippen LogP contribution is 2.37. The summed E-state index contributed by atoms with van der Waals surface area (Å²) in [5.74, 6) is -0.716. The van der Waals surface area contributed by atoms with E-state index in [2.05, 4.69) is 15.2 Å². The topological polar surface area (TPSA) is 126 Å². The maximum absolute atomic E-state index is 15.2. The Hall–Kier alpha value is -5.76. The maximum atomic E-state index is 15.2. The van der Waals surface area contributed by atoms with Gasteiger partial charge < -0.3 is 23.8 Å². The van der Waals surface area contributed by atoms with Crippen molar-refractivity contribution in [2.75, 3.05) is 39.2 Å². The molecule has 0 spiro atoms. The standard InChI is InChI=1S/C35H33F2N5O7/c1-46-30-19-25-27(20-31(30)47-2)38-13-12-28(25)48-29-11-8-23(18-26(29)37)39-34(44)49-32-21-41(17-16-40-14-4-3-5-15-40)35(45)42(33(32)43)24-9-6-22(36)7-10-24/h6-13,18-21H,3-5,14-17H2,1-2H3,(H,39,44). The molecular formula is C35H33F2N5O7. The number of anilines is 1. The monoisotopic (exact) mass is 673 g/mol. The van der Waals surface area contributed by atoms with Gasteiger partial charge in [0, 0.05) is 42.5 Å². The molecule has 0 bridgehead atoms. The molecule has 0 atom stereocenters. The molecule has 1 N–H and O–H groups in total. The van der Waals surface area contributed by atoms with Crippen molar-refractivity contribution in [3.05, 3.63) is 106 Å². The van der Waals surface area contributed by atoms with Crippen LogP contribution in [0.25, 0.3) is 16.6 Å². The molecular weight excluding hydrogens is 640 g/mol. The number of amides is 1. The number of rotatable bonds is 10. The Labute approximate surface area is 279 Å². The number of piperidine rings is 1. The van der Waals surface area contributed by atoms with E-state index in [1.807, 2.05) is 0 Å². The molecule has 6 rings (SSSR count). The molecule has 254 valence electrons. The quantitative estimate of drug-likeness (QED) is 0.198. The van der Waals surface area contributed by atoms with E-state index < -0.39 is 34.7 Å². The van der Waals surface area contributed by atoms with Crippen molar-refractivity contribution in [2.45, 2.75) is 25.8 Å². The van der Waals surface area contributed by atoms with E-state index in [4.69, 9.17) is 18.9 Å². The number of nitrogens with zero attached hydrogens (tertiary/aromatic N) is 4. The van der Waals surface area contributed by atoms with Crippen molar-refractivity contribution in [1.29, 1.82) is 0 Å². The first-order valence-electron chi connectivity index (χ1n) is 15.6. The van der Waals surface area contributed by atoms with Crippen molar-refractivity contribution in [1.82, 2.24) is 19.0 Å². The van der Waals surface area contributed by atoms with Gasteiger partial charge in [-0.05, 0) is 74.5 Å². The fraction of sp³-hybridized carbons (Fsp3) is 0.257. The Bertz CT molecular complexity index is 2110. The molecule has 12 nitrogen and oxygen atoms in total. The zero-order chi connectivity index (χ0) is 34.5. The summed E-state index contributed by atoms with van der Waals surface area (Å²) >= 11 is 0. The molecule has 1 aliphatic heterocycles. The fourth-order valence-electron chi connectivity index (χ4n) is 5.62. The number of likely N-dealkylation sites (tertiary alicyclic amines) is 1. The summed E-state index contributed by atoms with van der Waals surface area (Å²) in [7, 11) is 3.00. The molecule has 0 unspecified atom stereocenters. The van der Waals surface area contributed by atoms with Gasteiger partial charge in [-0.15, -0.1) is 0 Å². The SMILES string of the molecule is COc1cc2nccc(Oc3ccc(NC(=O)Oc4cn(CCN5CCCCC5)c(=O)n(-c5ccc(F)cc5)c4=O)cc3F)c2cc1OC. The molecule has 5 aromatic rings. The van der Waals surface area contributed by atoms with E-state index in [0.29, 0.717) is 34.7 Å². The van der Waals surface area contributed by atoms with Gasteiger partial charge in [0.2, 0.25) is 5.75 Å². The van der Waals surface area contributed by atoms with Gasteiger partial charge in [0.05, 0.1) is 31.6 Å². The Morgan fingerprint density at radius 2 is 1.57 bits per heavy atom. The van der Waals surface area contributed by atoms with Gasteiger partial charge in [0.25, 0.3) is 0 Å². The van der Waals surface area contributed by atoms with Crippen LogP contribution < -0.4 is 35.5 Å². The average Bonchev–Trinajstić information content (AvgIpc) is 3.11. The number of carbonyl (C=O) groups excluding carboxylic acids is 1. The molecule has 3 aromatic carbocycles. The maximum Gasteiger partial charge on any atom is 0.417 e. The Morgan fingerprint density at radius 1 is 0.837 bits per heavy atom. The van der Waals surface area contributed by atoms with E-state index in [9.17, 15) is 18.8 Å². The van der Waals surface area contributed by atoms with E-state index in [0.717, 1.165) is 55.1 Å². The first-order valence-corrected chi connectivity index (χ1v) is 15.6. The number of aromatic nitrogens is 3. The number of pyridine rings is 1. The first kappa shape index (κ1) is 33.2. The van der Waals surface area contributed by atoms with Gasteiger partial charge in [-0.2, -0.15) is 0 Å². The number of methoxy groups -OCH3 is 2. The zero-order valence-electron chi connectivity index (χ0n) is 26.8. The molecule has 1 fully saturated rings. The summed E-state index contributed by atoms with van der Waals surface area (Å²) in [5, 5.41) is 2.95. The van der Waals surface area contributed by atoms with Gasteiger partial charge in [0.1, 0.15) is 11.6 Å². The first-order chi connectivity index (χ1) is 23.7. The predicted molar refractivity (Wildman–Crippen MR) is 178 cm³/mol. The predicted octanol–water partition coefficient (Wildman–Crippen LogP) is 5.73. The molecule has 0 aliphatic carbocycles. The van der Waals surface area contributed by atoms with Crippen LogP contribution in [-0.4, -0.2) is 59.0 Å². The fourth-order valence-corrected chi connectivity index (χ4v) is 5.62. The van der Waals surface area contributed by atoms with Crippen molar-refractivity contribution in [3.63, 3.8) is 0 Å². The normalized spacial score (nSPS) is 13.2. The molecule has 2 aromatic heterocycles.